The Balaban J connectivity index is 2.46. The van der Waals surface area contributed by atoms with Crippen molar-refractivity contribution in [2.45, 2.75) is 64.5 Å². The first kappa shape index (κ1) is 15.4. The van der Waals surface area contributed by atoms with Crippen molar-refractivity contribution in [2.24, 2.45) is 11.7 Å². The minimum absolute atomic E-state index is 0.152. The molecule has 0 radical (unpaired) electrons. The second-order valence-corrected chi connectivity index (χ2v) is 6.22. The molecule has 0 aliphatic heterocycles. The topological polar surface area (TPSA) is 66.6 Å². The van der Waals surface area contributed by atoms with Crippen LogP contribution in [0.2, 0.25) is 0 Å². The van der Waals surface area contributed by atoms with Gasteiger partial charge in [0.25, 0.3) is 0 Å². The number of hydrogen-bond acceptors (Lipinski definition) is 3. The van der Waals surface area contributed by atoms with Crippen molar-refractivity contribution in [3.05, 3.63) is 0 Å². The minimum Gasteiger partial charge on any atom is -0.389 e. The Labute approximate surface area is 111 Å². The number of hydrogen-bond donors (Lipinski definition) is 2. The van der Waals surface area contributed by atoms with E-state index in [0.717, 1.165) is 25.7 Å². The number of carbonyl (C=O) groups excluding carboxylic acids is 1. The number of rotatable bonds is 5. The van der Waals surface area contributed by atoms with Crippen LogP contribution in [0.4, 0.5) is 0 Å². The van der Waals surface area contributed by atoms with Crippen molar-refractivity contribution in [2.75, 3.05) is 13.1 Å². The fourth-order valence-electron chi connectivity index (χ4n) is 2.74. The zero-order valence-corrected chi connectivity index (χ0v) is 12.0. The summed E-state index contributed by atoms with van der Waals surface area (Å²) in [6.07, 6.45) is 4.88. The molecule has 0 aromatic heterocycles. The first-order valence-corrected chi connectivity index (χ1v) is 7.07. The second-order valence-electron chi connectivity index (χ2n) is 6.22. The lowest BCUT2D eigenvalue weighted by Crippen LogP contribution is -2.43. The fourth-order valence-corrected chi connectivity index (χ4v) is 2.74. The summed E-state index contributed by atoms with van der Waals surface area (Å²) in [5.41, 5.74) is 5.12. The molecule has 0 spiro atoms. The van der Waals surface area contributed by atoms with Gasteiger partial charge >= 0.3 is 0 Å². The van der Waals surface area contributed by atoms with E-state index < -0.39 is 5.60 Å². The minimum atomic E-state index is -0.825. The van der Waals surface area contributed by atoms with Gasteiger partial charge < -0.3 is 15.7 Å². The van der Waals surface area contributed by atoms with Gasteiger partial charge in [-0.1, -0.05) is 6.42 Å². The molecule has 1 saturated carbocycles. The Morgan fingerprint density at radius 1 is 1.44 bits per heavy atom. The van der Waals surface area contributed by atoms with Gasteiger partial charge in [-0.25, -0.2) is 0 Å². The molecule has 2 atom stereocenters. The Hall–Kier alpha value is -0.610. The molecule has 1 aliphatic carbocycles. The van der Waals surface area contributed by atoms with Crippen LogP contribution in [0.5, 0.6) is 0 Å². The summed E-state index contributed by atoms with van der Waals surface area (Å²) in [5, 5.41) is 9.80. The van der Waals surface area contributed by atoms with Gasteiger partial charge in [0.15, 0.2) is 0 Å². The van der Waals surface area contributed by atoms with Crippen LogP contribution in [-0.4, -0.2) is 40.6 Å². The number of likely N-dealkylation sites (N-methyl/N-ethyl adjacent to an activating group) is 1. The van der Waals surface area contributed by atoms with Gasteiger partial charge in [0.1, 0.15) is 0 Å². The zero-order chi connectivity index (χ0) is 13.8. The summed E-state index contributed by atoms with van der Waals surface area (Å²) in [7, 11) is 0. The van der Waals surface area contributed by atoms with Gasteiger partial charge in [0, 0.05) is 25.6 Å². The van der Waals surface area contributed by atoms with Crippen molar-refractivity contribution in [1.82, 2.24) is 4.90 Å². The molecule has 1 amide bonds. The lowest BCUT2D eigenvalue weighted by molar-refractivity contribution is -0.135. The van der Waals surface area contributed by atoms with Crippen LogP contribution < -0.4 is 5.73 Å². The zero-order valence-electron chi connectivity index (χ0n) is 12.0. The number of aliphatic hydroxyl groups is 1. The van der Waals surface area contributed by atoms with Crippen LogP contribution in [0.15, 0.2) is 0 Å². The van der Waals surface area contributed by atoms with Crippen LogP contribution in [0.1, 0.15) is 52.9 Å². The van der Waals surface area contributed by atoms with Crippen molar-refractivity contribution >= 4 is 5.91 Å². The second kappa shape index (κ2) is 6.53. The Kier molecular flexibility index (Phi) is 5.60. The SMILES string of the molecule is CCN(CC(C)(C)O)C(=O)CC1CCCC(N)C1. The van der Waals surface area contributed by atoms with E-state index in [1.807, 2.05) is 6.92 Å². The van der Waals surface area contributed by atoms with Gasteiger partial charge in [0.05, 0.1) is 5.60 Å². The number of amides is 1. The molecule has 106 valence electrons. The standard InChI is InChI=1S/C14H28N2O2/c1-4-16(10-14(2,3)18)13(17)9-11-6-5-7-12(15)8-11/h11-12,18H,4-10,15H2,1-3H3. The van der Waals surface area contributed by atoms with E-state index in [2.05, 4.69) is 0 Å². The van der Waals surface area contributed by atoms with Crippen molar-refractivity contribution < 1.29 is 9.90 Å². The van der Waals surface area contributed by atoms with Gasteiger partial charge in [-0.15, -0.1) is 0 Å². The van der Waals surface area contributed by atoms with E-state index in [9.17, 15) is 9.90 Å². The molecule has 0 bridgehead atoms. The molecular weight excluding hydrogens is 228 g/mol. The third-order valence-electron chi connectivity index (χ3n) is 3.60. The summed E-state index contributed by atoms with van der Waals surface area (Å²) in [5.74, 6) is 0.579. The van der Waals surface area contributed by atoms with Crippen LogP contribution in [0.25, 0.3) is 0 Å². The summed E-state index contributed by atoms with van der Waals surface area (Å²) >= 11 is 0. The molecule has 1 aliphatic rings. The maximum atomic E-state index is 12.2. The third-order valence-corrected chi connectivity index (χ3v) is 3.60. The van der Waals surface area contributed by atoms with Crippen LogP contribution in [0.3, 0.4) is 0 Å². The summed E-state index contributed by atoms with van der Waals surface area (Å²) in [6, 6.07) is 0.265. The predicted molar refractivity (Wildman–Crippen MR) is 73.1 cm³/mol. The predicted octanol–water partition coefficient (Wildman–Crippen LogP) is 1.51. The lowest BCUT2D eigenvalue weighted by atomic mass is 9.84. The molecule has 0 heterocycles. The highest BCUT2D eigenvalue weighted by molar-refractivity contribution is 5.76. The van der Waals surface area contributed by atoms with Gasteiger partial charge in [-0.05, 0) is 46.0 Å². The molecule has 2 unspecified atom stereocenters. The first-order valence-electron chi connectivity index (χ1n) is 7.07. The third kappa shape index (κ3) is 5.36. The summed E-state index contributed by atoms with van der Waals surface area (Å²) < 4.78 is 0. The van der Waals surface area contributed by atoms with Crippen molar-refractivity contribution in [3.63, 3.8) is 0 Å². The Morgan fingerprint density at radius 3 is 2.61 bits per heavy atom. The van der Waals surface area contributed by atoms with Crippen LogP contribution in [0, 0.1) is 5.92 Å². The highest BCUT2D eigenvalue weighted by Crippen LogP contribution is 2.26. The normalized spacial score (nSPS) is 24.9. The average Bonchev–Trinajstić information content (AvgIpc) is 2.24. The fraction of sp³-hybridized carbons (Fsp3) is 0.929. The summed E-state index contributed by atoms with van der Waals surface area (Å²) in [6.45, 7) is 6.48. The molecule has 1 fully saturated rings. The van der Waals surface area contributed by atoms with Crippen LogP contribution in [-0.2, 0) is 4.79 Å². The highest BCUT2D eigenvalue weighted by Gasteiger charge is 2.26. The van der Waals surface area contributed by atoms with Crippen molar-refractivity contribution in [3.8, 4) is 0 Å². The Bertz CT molecular complexity index is 273. The van der Waals surface area contributed by atoms with Crippen LogP contribution >= 0.6 is 0 Å². The van der Waals surface area contributed by atoms with E-state index in [-0.39, 0.29) is 11.9 Å². The van der Waals surface area contributed by atoms with E-state index in [0.29, 0.717) is 25.4 Å². The van der Waals surface area contributed by atoms with Gasteiger partial charge in [-0.3, -0.25) is 4.79 Å². The maximum Gasteiger partial charge on any atom is 0.222 e. The Morgan fingerprint density at radius 2 is 2.11 bits per heavy atom. The quantitative estimate of drug-likeness (QED) is 0.783. The lowest BCUT2D eigenvalue weighted by Gasteiger charge is -2.31. The number of nitrogens with two attached hydrogens (primary N) is 1. The number of nitrogens with zero attached hydrogens (tertiary/aromatic N) is 1. The van der Waals surface area contributed by atoms with E-state index in [4.69, 9.17) is 5.73 Å². The van der Waals surface area contributed by atoms with E-state index >= 15 is 0 Å². The maximum absolute atomic E-state index is 12.2. The van der Waals surface area contributed by atoms with Gasteiger partial charge in [0.2, 0.25) is 5.91 Å². The molecule has 4 nitrogen and oxygen atoms in total. The first-order chi connectivity index (χ1) is 8.31. The molecule has 0 aromatic rings. The van der Waals surface area contributed by atoms with E-state index in [1.165, 1.54) is 0 Å². The van der Waals surface area contributed by atoms with E-state index in [1.54, 1.807) is 18.7 Å². The highest BCUT2D eigenvalue weighted by atomic mass is 16.3. The number of carbonyl (C=O) groups is 1. The van der Waals surface area contributed by atoms with Gasteiger partial charge in [-0.2, -0.15) is 0 Å². The largest absolute Gasteiger partial charge is 0.389 e. The average molecular weight is 256 g/mol. The molecule has 3 N–H and O–H groups in total. The molecule has 4 heteroatoms. The van der Waals surface area contributed by atoms with Crippen molar-refractivity contribution in [1.29, 1.82) is 0 Å². The molecular formula is C14H28N2O2. The monoisotopic (exact) mass is 256 g/mol. The molecule has 0 aromatic carbocycles. The smallest absolute Gasteiger partial charge is 0.222 e. The summed E-state index contributed by atoms with van der Waals surface area (Å²) in [4.78, 5) is 14.0. The molecule has 18 heavy (non-hydrogen) atoms. The molecule has 1 rings (SSSR count). The molecule has 0 saturated heterocycles.